The summed E-state index contributed by atoms with van der Waals surface area (Å²) in [6.45, 7) is 0. The van der Waals surface area contributed by atoms with Gasteiger partial charge in [0.25, 0.3) is 5.91 Å². The molecule has 0 spiro atoms. The van der Waals surface area contributed by atoms with E-state index in [-0.39, 0.29) is 10.6 Å². The van der Waals surface area contributed by atoms with E-state index in [1.165, 1.54) is 12.1 Å². The fraction of sp³-hybridized carbons (Fsp3) is 0. The number of carbonyl (C=O) groups excluding carboxylic acids is 1. The van der Waals surface area contributed by atoms with Crippen molar-refractivity contribution in [1.29, 1.82) is 0 Å². The first-order valence-corrected chi connectivity index (χ1v) is 7.44. The number of aromatic nitrogens is 1. The maximum atomic E-state index is 13.7. The Morgan fingerprint density at radius 3 is 2.71 bits per heavy atom. The second-order valence-corrected chi connectivity index (χ2v) is 5.33. The average Bonchev–Trinajstić information content (AvgIpc) is 2.58. The molecule has 1 N–H and O–H groups in total. The molecule has 0 saturated carbocycles. The number of hydrogen-bond donors (Lipinski definition) is 1. The van der Waals surface area contributed by atoms with E-state index >= 15 is 0 Å². The Bertz CT molecular complexity index is 872. The number of pyridine rings is 1. The van der Waals surface area contributed by atoms with Crippen LogP contribution in [0, 0.1) is 5.82 Å². The van der Waals surface area contributed by atoms with E-state index in [2.05, 4.69) is 10.3 Å². The van der Waals surface area contributed by atoms with Crippen molar-refractivity contribution in [2.75, 3.05) is 5.32 Å². The normalized spacial score (nSPS) is 10.2. The highest BCUT2D eigenvalue weighted by atomic mass is 35.5. The molecule has 0 bridgehead atoms. The Labute approximate surface area is 142 Å². The number of ether oxygens (including phenoxy) is 1. The van der Waals surface area contributed by atoms with Gasteiger partial charge in [-0.2, -0.15) is 0 Å². The molecule has 0 unspecified atom stereocenters. The maximum absolute atomic E-state index is 13.7. The van der Waals surface area contributed by atoms with Gasteiger partial charge < -0.3 is 10.1 Å². The Balaban J connectivity index is 1.77. The average molecular weight is 343 g/mol. The molecule has 1 amide bonds. The van der Waals surface area contributed by atoms with Crippen LogP contribution in [-0.4, -0.2) is 10.9 Å². The van der Waals surface area contributed by atoms with Crippen LogP contribution in [0.3, 0.4) is 0 Å². The van der Waals surface area contributed by atoms with Crippen molar-refractivity contribution < 1.29 is 13.9 Å². The van der Waals surface area contributed by atoms with Crippen LogP contribution in [0.25, 0.3) is 0 Å². The molecule has 4 nitrogen and oxygen atoms in total. The van der Waals surface area contributed by atoms with Gasteiger partial charge in [-0.15, -0.1) is 0 Å². The molecule has 0 radical (unpaired) electrons. The lowest BCUT2D eigenvalue weighted by molar-refractivity contribution is 0.102. The Morgan fingerprint density at radius 1 is 1.08 bits per heavy atom. The Kier molecular flexibility index (Phi) is 4.72. The van der Waals surface area contributed by atoms with E-state index in [0.29, 0.717) is 17.2 Å². The molecule has 0 fully saturated rings. The Hall–Kier alpha value is -2.92. The molecular formula is C18H12ClFN2O2. The quantitative estimate of drug-likeness (QED) is 0.732. The fourth-order valence-electron chi connectivity index (χ4n) is 2.05. The smallest absolute Gasteiger partial charge is 0.258 e. The third-order valence-electron chi connectivity index (χ3n) is 3.14. The van der Waals surface area contributed by atoms with Crippen molar-refractivity contribution in [2.24, 2.45) is 0 Å². The summed E-state index contributed by atoms with van der Waals surface area (Å²) in [5.41, 5.74) is 0.349. The molecule has 3 rings (SSSR count). The molecule has 0 aliphatic heterocycles. The molecule has 2 aromatic carbocycles. The minimum Gasteiger partial charge on any atom is -0.456 e. The van der Waals surface area contributed by atoms with E-state index in [0.717, 1.165) is 6.07 Å². The number of halogens is 2. The standard InChI is InChI=1S/C18H12ClFN2O2/c19-12-6-7-17(20)16(9-12)18(23)22-13-3-1-4-14(10-13)24-15-5-2-8-21-11-15/h1-11H,(H,22,23). The molecule has 0 atom stereocenters. The van der Waals surface area contributed by atoms with Crippen LogP contribution in [0.4, 0.5) is 10.1 Å². The predicted octanol–water partition coefficient (Wildman–Crippen LogP) is 4.92. The van der Waals surface area contributed by atoms with Gasteiger partial charge in [0, 0.05) is 23.0 Å². The predicted molar refractivity (Wildman–Crippen MR) is 90.1 cm³/mol. The van der Waals surface area contributed by atoms with Gasteiger partial charge in [-0.25, -0.2) is 4.39 Å². The van der Waals surface area contributed by atoms with Crippen molar-refractivity contribution in [3.63, 3.8) is 0 Å². The first kappa shape index (κ1) is 16.0. The molecule has 1 aromatic heterocycles. The van der Waals surface area contributed by atoms with Crippen LogP contribution in [0.15, 0.2) is 67.0 Å². The van der Waals surface area contributed by atoms with Gasteiger partial charge in [0.05, 0.1) is 11.8 Å². The number of benzene rings is 2. The summed E-state index contributed by atoms with van der Waals surface area (Å²) in [5, 5.41) is 2.91. The van der Waals surface area contributed by atoms with Gasteiger partial charge in [-0.05, 0) is 42.5 Å². The zero-order valence-corrected chi connectivity index (χ0v) is 13.1. The first-order chi connectivity index (χ1) is 11.6. The minimum atomic E-state index is -0.639. The summed E-state index contributed by atoms with van der Waals surface area (Å²) in [5.74, 6) is -0.137. The van der Waals surface area contributed by atoms with E-state index in [1.807, 2.05) is 0 Å². The molecule has 0 saturated heterocycles. The summed E-state index contributed by atoms with van der Waals surface area (Å²) in [6, 6.07) is 14.1. The molecule has 6 heteroatoms. The van der Waals surface area contributed by atoms with Gasteiger partial charge in [-0.3, -0.25) is 9.78 Å². The second kappa shape index (κ2) is 7.10. The van der Waals surface area contributed by atoms with Crippen LogP contribution in [0.2, 0.25) is 5.02 Å². The summed E-state index contributed by atoms with van der Waals surface area (Å²) in [6.07, 6.45) is 3.22. The number of carbonyl (C=O) groups is 1. The minimum absolute atomic E-state index is 0.124. The van der Waals surface area contributed by atoms with Gasteiger partial charge in [0.1, 0.15) is 17.3 Å². The lowest BCUT2D eigenvalue weighted by Gasteiger charge is -2.09. The number of hydrogen-bond acceptors (Lipinski definition) is 3. The maximum Gasteiger partial charge on any atom is 0.258 e. The van der Waals surface area contributed by atoms with Crippen molar-refractivity contribution in [1.82, 2.24) is 4.98 Å². The van der Waals surface area contributed by atoms with Crippen LogP contribution in [0.1, 0.15) is 10.4 Å². The van der Waals surface area contributed by atoms with E-state index in [4.69, 9.17) is 16.3 Å². The van der Waals surface area contributed by atoms with E-state index in [9.17, 15) is 9.18 Å². The van der Waals surface area contributed by atoms with Gasteiger partial charge in [-0.1, -0.05) is 17.7 Å². The molecule has 120 valence electrons. The Morgan fingerprint density at radius 2 is 1.92 bits per heavy atom. The summed E-state index contributed by atoms with van der Waals surface area (Å²) >= 11 is 5.81. The molecule has 1 heterocycles. The van der Waals surface area contributed by atoms with Crippen LogP contribution in [-0.2, 0) is 0 Å². The zero-order valence-electron chi connectivity index (χ0n) is 12.4. The summed E-state index contributed by atoms with van der Waals surface area (Å²) in [7, 11) is 0. The van der Waals surface area contributed by atoms with Crippen LogP contribution < -0.4 is 10.1 Å². The molecule has 3 aromatic rings. The van der Waals surface area contributed by atoms with Gasteiger partial charge in [0.15, 0.2) is 0 Å². The lowest BCUT2D eigenvalue weighted by atomic mass is 10.2. The highest BCUT2D eigenvalue weighted by Gasteiger charge is 2.13. The molecular weight excluding hydrogens is 331 g/mol. The SMILES string of the molecule is O=C(Nc1cccc(Oc2cccnc2)c1)c1cc(Cl)ccc1F. The lowest BCUT2D eigenvalue weighted by Crippen LogP contribution is -2.13. The summed E-state index contributed by atoms with van der Waals surface area (Å²) in [4.78, 5) is 16.2. The van der Waals surface area contributed by atoms with Gasteiger partial charge >= 0.3 is 0 Å². The zero-order chi connectivity index (χ0) is 16.9. The number of nitrogens with zero attached hydrogens (tertiary/aromatic N) is 1. The van der Waals surface area contributed by atoms with E-state index < -0.39 is 11.7 Å². The van der Waals surface area contributed by atoms with Crippen LogP contribution in [0.5, 0.6) is 11.5 Å². The van der Waals surface area contributed by atoms with Crippen molar-refractivity contribution in [2.45, 2.75) is 0 Å². The third-order valence-corrected chi connectivity index (χ3v) is 3.37. The third kappa shape index (κ3) is 3.88. The number of anilines is 1. The van der Waals surface area contributed by atoms with Gasteiger partial charge in [0.2, 0.25) is 0 Å². The largest absolute Gasteiger partial charge is 0.456 e. The highest BCUT2D eigenvalue weighted by molar-refractivity contribution is 6.31. The number of amides is 1. The first-order valence-electron chi connectivity index (χ1n) is 7.06. The fourth-order valence-corrected chi connectivity index (χ4v) is 2.22. The van der Waals surface area contributed by atoms with Crippen molar-refractivity contribution in [3.8, 4) is 11.5 Å². The molecule has 0 aliphatic rings. The number of rotatable bonds is 4. The van der Waals surface area contributed by atoms with E-state index in [1.54, 1.807) is 48.8 Å². The second-order valence-electron chi connectivity index (χ2n) is 4.90. The highest BCUT2D eigenvalue weighted by Crippen LogP contribution is 2.24. The molecule has 24 heavy (non-hydrogen) atoms. The van der Waals surface area contributed by atoms with Crippen molar-refractivity contribution in [3.05, 3.63) is 83.4 Å². The monoisotopic (exact) mass is 342 g/mol. The van der Waals surface area contributed by atoms with Crippen LogP contribution >= 0.6 is 11.6 Å². The summed E-state index contributed by atoms with van der Waals surface area (Å²) < 4.78 is 19.4. The van der Waals surface area contributed by atoms with Crippen molar-refractivity contribution >= 4 is 23.2 Å². The molecule has 0 aliphatic carbocycles. The topological polar surface area (TPSA) is 51.2 Å². The number of nitrogens with one attached hydrogen (secondary N) is 1.